The third kappa shape index (κ3) is 6.09. The Morgan fingerprint density at radius 2 is 1.62 bits per heavy atom. The summed E-state index contributed by atoms with van der Waals surface area (Å²) in [7, 11) is 0. The van der Waals surface area contributed by atoms with Gasteiger partial charge in [0.05, 0.1) is 12.3 Å². The second-order valence-electron chi connectivity index (χ2n) is 6.37. The number of allylic oxidation sites excluding steroid dienone is 2. The molecule has 5 nitrogen and oxygen atoms in total. The van der Waals surface area contributed by atoms with Crippen LogP contribution in [0.4, 0.5) is 13.2 Å². The van der Waals surface area contributed by atoms with Crippen molar-refractivity contribution >= 4 is 11.9 Å². The van der Waals surface area contributed by atoms with Crippen LogP contribution in [0.3, 0.4) is 0 Å². The van der Waals surface area contributed by atoms with Crippen LogP contribution in [-0.2, 0) is 16.0 Å². The minimum absolute atomic E-state index is 0.0117. The Balaban J connectivity index is 0.000000195. The summed E-state index contributed by atoms with van der Waals surface area (Å²) in [6, 6.07) is 5.13. The summed E-state index contributed by atoms with van der Waals surface area (Å²) in [5, 5.41) is 17.2. The summed E-state index contributed by atoms with van der Waals surface area (Å²) in [6.07, 6.45) is 1.98. The maximum Gasteiger partial charge on any atom is 0.573 e. The van der Waals surface area contributed by atoms with Gasteiger partial charge in [-0.15, -0.1) is 13.2 Å². The maximum absolute atomic E-state index is 11.9. The zero-order chi connectivity index (χ0) is 19.3. The first-order valence-corrected chi connectivity index (χ1v) is 8.10. The molecule has 0 aromatic heterocycles. The van der Waals surface area contributed by atoms with Crippen LogP contribution in [0.5, 0.6) is 5.75 Å². The smallest absolute Gasteiger partial charge is 0.481 e. The SMILES string of the molecule is O=C(O)C1CC2C=CC(C2)C1.O=C(O)Cc1ccccc1OC(F)(F)F. The number of hydrogen-bond donors (Lipinski definition) is 2. The highest BCUT2D eigenvalue weighted by molar-refractivity contribution is 5.71. The molecule has 26 heavy (non-hydrogen) atoms. The Morgan fingerprint density at radius 3 is 2.12 bits per heavy atom. The van der Waals surface area contributed by atoms with Gasteiger partial charge in [-0.05, 0) is 37.2 Å². The summed E-state index contributed by atoms with van der Waals surface area (Å²) >= 11 is 0. The Hall–Kier alpha value is -2.51. The van der Waals surface area contributed by atoms with Crippen LogP contribution in [-0.4, -0.2) is 28.5 Å². The summed E-state index contributed by atoms with van der Waals surface area (Å²) in [5.74, 6) is -1.25. The van der Waals surface area contributed by atoms with Gasteiger partial charge in [-0.3, -0.25) is 9.59 Å². The van der Waals surface area contributed by atoms with Gasteiger partial charge in [0, 0.05) is 5.56 Å². The highest BCUT2D eigenvalue weighted by Gasteiger charge is 2.33. The largest absolute Gasteiger partial charge is 0.573 e. The standard InChI is InChI=1S/C9H7F3O3.C9H12O2/c10-9(11,12)15-7-4-2-1-3-6(7)5-8(13)14;10-9(11)8-4-6-1-2-7(3-6)5-8/h1-4H,5H2,(H,13,14);1-2,6-8H,3-5H2,(H,10,11). The number of rotatable bonds is 4. The van der Waals surface area contributed by atoms with Crippen LogP contribution in [0.25, 0.3) is 0 Å². The van der Waals surface area contributed by atoms with Crippen LogP contribution in [0.2, 0.25) is 0 Å². The third-order valence-electron chi connectivity index (χ3n) is 4.32. The van der Waals surface area contributed by atoms with E-state index in [-0.39, 0.29) is 11.5 Å². The van der Waals surface area contributed by atoms with Gasteiger partial charge >= 0.3 is 18.3 Å². The van der Waals surface area contributed by atoms with Crippen molar-refractivity contribution < 1.29 is 37.7 Å². The monoisotopic (exact) mass is 372 g/mol. The van der Waals surface area contributed by atoms with Gasteiger partial charge in [-0.2, -0.15) is 0 Å². The van der Waals surface area contributed by atoms with Crippen LogP contribution in [0.1, 0.15) is 24.8 Å². The Kier molecular flexibility index (Phi) is 6.28. The first kappa shape index (κ1) is 19.8. The van der Waals surface area contributed by atoms with Crippen LogP contribution < -0.4 is 4.74 Å². The average molecular weight is 372 g/mol. The molecule has 0 heterocycles. The third-order valence-corrected chi connectivity index (χ3v) is 4.32. The fourth-order valence-electron chi connectivity index (χ4n) is 3.28. The van der Waals surface area contributed by atoms with E-state index in [1.165, 1.54) is 24.6 Å². The predicted octanol–water partition coefficient (Wildman–Crippen LogP) is 3.89. The Labute approximate surface area is 148 Å². The molecule has 0 spiro atoms. The molecule has 8 heteroatoms. The normalized spacial score (nSPS) is 23.7. The van der Waals surface area contributed by atoms with Crippen molar-refractivity contribution in [1.29, 1.82) is 0 Å². The molecule has 1 fully saturated rings. The molecular weight excluding hydrogens is 353 g/mol. The second-order valence-corrected chi connectivity index (χ2v) is 6.37. The van der Waals surface area contributed by atoms with Crippen molar-refractivity contribution in [3.05, 3.63) is 42.0 Å². The Bertz CT molecular complexity index is 670. The number of carboxylic acids is 2. The van der Waals surface area contributed by atoms with E-state index in [4.69, 9.17) is 10.2 Å². The van der Waals surface area contributed by atoms with E-state index in [0.717, 1.165) is 18.9 Å². The molecule has 2 bridgehead atoms. The topological polar surface area (TPSA) is 83.8 Å². The first-order valence-electron chi connectivity index (χ1n) is 8.10. The number of carbonyl (C=O) groups is 2. The fourth-order valence-corrected chi connectivity index (χ4v) is 3.28. The molecule has 0 saturated heterocycles. The number of hydrogen-bond acceptors (Lipinski definition) is 3. The number of alkyl halides is 3. The van der Waals surface area contributed by atoms with E-state index < -0.39 is 30.5 Å². The van der Waals surface area contributed by atoms with E-state index in [1.54, 1.807) is 0 Å². The maximum atomic E-state index is 11.9. The number of aliphatic carboxylic acids is 2. The molecule has 1 aromatic carbocycles. The molecule has 3 rings (SSSR count). The van der Waals surface area contributed by atoms with Gasteiger partial charge in [0.25, 0.3) is 0 Å². The van der Waals surface area contributed by atoms with E-state index >= 15 is 0 Å². The molecule has 2 atom stereocenters. The minimum Gasteiger partial charge on any atom is -0.481 e. The van der Waals surface area contributed by atoms with Crippen molar-refractivity contribution in [3.8, 4) is 5.75 Å². The second kappa shape index (κ2) is 8.25. The van der Waals surface area contributed by atoms with Crippen molar-refractivity contribution in [2.45, 2.75) is 32.0 Å². The highest BCUT2D eigenvalue weighted by atomic mass is 19.4. The zero-order valence-corrected chi connectivity index (χ0v) is 13.8. The number of halogens is 3. The lowest BCUT2D eigenvalue weighted by Crippen LogP contribution is -2.23. The summed E-state index contributed by atoms with van der Waals surface area (Å²) in [4.78, 5) is 21.0. The molecule has 2 N–H and O–H groups in total. The molecule has 2 aliphatic rings. The highest BCUT2D eigenvalue weighted by Crippen LogP contribution is 2.39. The molecule has 0 aliphatic heterocycles. The predicted molar refractivity (Wildman–Crippen MR) is 85.6 cm³/mol. The van der Waals surface area contributed by atoms with Crippen molar-refractivity contribution in [1.82, 2.24) is 0 Å². The molecule has 2 unspecified atom stereocenters. The van der Waals surface area contributed by atoms with Crippen molar-refractivity contribution in [2.24, 2.45) is 17.8 Å². The lowest BCUT2D eigenvalue weighted by atomic mass is 9.80. The summed E-state index contributed by atoms with van der Waals surface area (Å²) < 4.78 is 39.3. The van der Waals surface area contributed by atoms with Crippen LogP contribution >= 0.6 is 0 Å². The van der Waals surface area contributed by atoms with E-state index in [9.17, 15) is 22.8 Å². The zero-order valence-electron chi connectivity index (χ0n) is 13.8. The fraction of sp³-hybridized carbons (Fsp3) is 0.444. The lowest BCUT2D eigenvalue weighted by Gasteiger charge is -2.24. The van der Waals surface area contributed by atoms with Crippen LogP contribution in [0.15, 0.2) is 36.4 Å². The molecule has 0 radical (unpaired) electrons. The number of carboxylic acid groups (broad SMARTS) is 2. The quantitative estimate of drug-likeness (QED) is 0.784. The number of para-hydroxylation sites is 1. The average Bonchev–Trinajstić information content (AvgIpc) is 2.86. The summed E-state index contributed by atoms with van der Waals surface area (Å²) in [5.41, 5.74) is -0.0117. The number of fused-ring (bicyclic) bond motifs is 2. The van der Waals surface area contributed by atoms with Crippen molar-refractivity contribution in [2.75, 3.05) is 0 Å². The van der Waals surface area contributed by atoms with E-state index in [0.29, 0.717) is 11.8 Å². The molecule has 0 amide bonds. The van der Waals surface area contributed by atoms with Gasteiger partial charge in [-0.1, -0.05) is 30.4 Å². The van der Waals surface area contributed by atoms with Gasteiger partial charge < -0.3 is 14.9 Å². The molecule has 1 saturated carbocycles. The first-order chi connectivity index (χ1) is 12.1. The van der Waals surface area contributed by atoms with Crippen molar-refractivity contribution in [3.63, 3.8) is 0 Å². The van der Waals surface area contributed by atoms with Gasteiger partial charge in [0.1, 0.15) is 5.75 Å². The molecule has 2 aliphatic carbocycles. The molecule has 142 valence electrons. The van der Waals surface area contributed by atoms with E-state index in [2.05, 4.69) is 16.9 Å². The van der Waals surface area contributed by atoms with E-state index in [1.807, 2.05) is 0 Å². The minimum atomic E-state index is -4.81. The molecule has 1 aromatic rings. The van der Waals surface area contributed by atoms with Gasteiger partial charge in [0.15, 0.2) is 0 Å². The van der Waals surface area contributed by atoms with Gasteiger partial charge in [-0.25, -0.2) is 0 Å². The number of benzene rings is 1. The van der Waals surface area contributed by atoms with Gasteiger partial charge in [0.2, 0.25) is 0 Å². The molecular formula is C18H19F3O5. The summed E-state index contributed by atoms with van der Waals surface area (Å²) in [6.45, 7) is 0. The van der Waals surface area contributed by atoms with Crippen LogP contribution in [0, 0.1) is 17.8 Å². The number of ether oxygens (including phenoxy) is 1. The Morgan fingerprint density at radius 1 is 1.04 bits per heavy atom. The lowest BCUT2D eigenvalue weighted by molar-refractivity contribution is -0.274.